The minimum absolute atomic E-state index is 0.108. The number of benzene rings is 2. The van der Waals surface area contributed by atoms with Crippen LogP contribution in [0.15, 0.2) is 53.0 Å². The molecule has 0 aliphatic heterocycles. The summed E-state index contributed by atoms with van der Waals surface area (Å²) in [6.07, 6.45) is 0. The van der Waals surface area contributed by atoms with Crippen LogP contribution >= 0.6 is 27.5 Å². The number of carbonyl (C=O) groups excluding carboxylic acids is 1. The lowest BCUT2D eigenvalue weighted by Crippen LogP contribution is -2.31. The minimum atomic E-state index is -0.384. The number of carbonyl (C=O) groups is 1. The highest BCUT2D eigenvalue weighted by Crippen LogP contribution is 2.30. The van der Waals surface area contributed by atoms with Crippen LogP contribution in [0.5, 0.6) is 0 Å². The normalized spacial score (nSPS) is 11.8. The Hall–Kier alpha value is -1.52. The van der Waals surface area contributed by atoms with Gasteiger partial charge in [0.05, 0.1) is 15.2 Å². The molecular formula is C15H14BrClN2O. The van der Waals surface area contributed by atoms with Crippen LogP contribution in [0.4, 0.5) is 11.4 Å². The van der Waals surface area contributed by atoms with Crippen LogP contribution in [0.3, 0.4) is 0 Å². The van der Waals surface area contributed by atoms with Gasteiger partial charge >= 0.3 is 0 Å². The molecule has 1 atom stereocenters. The Balaban J connectivity index is 2.03. The van der Waals surface area contributed by atoms with E-state index in [-0.39, 0.29) is 11.9 Å². The van der Waals surface area contributed by atoms with Crippen molar-refractivity contribution in [2.75, 3.05) is 10.6 Å². The Kier molecular flexibility index (Phi) is 5.04. The van der Waals surface area contributed by atoms with Crippen molar-refractivity contribution in [1.82, 2.24) is 0 Å². The molecule has 0 radical (unpaired) electrons. The molecule has 20 heavy (non-hydrogen) atoms. The van der Waals surface area contributed by atoms with Crippen molar-refractivity contribution in [2.45, 2.75) is 13.0 Å². The summed E-state index contributed by atoms with van der Waals surface area (Å²) in [5.41, 5.74) is 1.56. The van der Waals surface area contributed by atoms with Crippen LogP contribution in [-0.4, -0.2) is 11.9 Å². The first kappa shape index (κ1) is 14.9. The van der Waals surface area contributed by atoms with E-state index in [2.05, 4.69) is 26.6 Å². The third kappa shape index (κ3) is 3.74. The Morgan fingerprint density at radius 3 is 2.55 bits per heavy atom. The molecule has 0 fully saturated rings. The third-order valence-electron chi connectivity index (χ3n) is 2.76. The van der Waals surface area contributed by atoms with Gasteiger partial charge in [0.25, 0.3) is 0 Å². The maximum atomic E-state index is 12.1. The molecule has 0 aliphatic rings. The summed E-state index contributed by atoms with van der Waals surface area (Å²) in [5.74, 6) is -0.108. The summed E-state index contributed by atoms with van der Waals surface area (Å²) < 4.78 is 0.751. The molecule has 2 aromatic rings. The fourth-order valence-electron chi connectivity index (χ4n) is 1.69. The molecule has 1 amide bonds. The fraction of sp³-hybridized carbons (Fsp3) is 0.133. The predicted octanol–water partition coefficient (Wildman–Crippen LogP) is 4.54. The van der Waals surface area contributed by atoms with Crippen molar-refractivity contribution in [3.05, 3.63) is 58.0 Å². The lowest BCUT2D eigenvalue weighted by molar-refractivity contribution is -0.116. The quantitative estimate of drug-likeness (QED) is 0.847. The standard InChI is InChI=1S/C15H14BrClN2O/c1-10(15(20)19-11-6-3-2-4-7-11)18-13-9-5-8-12(17)14(13)16/h2-10,18H,1H3,(H,19,20). The molecule has 1 unspecified atom stereocenters. The highest BCUT2D eigenvalue weighted by atomic mass is 79.9. The Labute approximate surface area is 131 Å². The van der Waals surface area contributed by atoms with Crippen molar-refractivity contribution in [1.29, 1.82) is 0 Å². The maximum absolute atomic E-state index is 12.1. The molecule has 104 valence electrons. The largest absolute Gasteiger partial charge is 0.373 e. The number of anilines is 2. The van der Waals surface area contributed by atoms with Gasteiger partial charge in [0, 0.05) is 5.69 Å². The van der Waals surface area contributed by atoms with Crippen LogP contribution in [0.25, 0.3) is 0 Å². The van der Waals surface area contributed by atoms with E-state index in [9.17, 15) is 4.79 Å². The first-order valence-corrected chi connectivity index (χ1v) is 7.31. The van der Waals surface area contributed by atoms with Gasteiger partial charge in [0.15, 0.2) is 0 Å². The second-order valence-electron chi connectivity index (χ2n) is 4.32. The molecular weight excluding hydrogens is 340 g/mol. The molecule has 0 bridgehead atoms. The second kappa shape index (κ2) is 6.77. The molecule has 2 aromatic carbocycles. The summed E-state index contributed by atoms with van der Waals surface area (Å²) in [4.78, 5) is 12.1. The van der Waals surface area contributed by atoms with Gasteiger partial charge in [-0.3, -0.25) is 4.79 Å². The zero-order valence-electron chi connectivity index (χ0n) is 10.9. The molecule has 0 saturated carbocycles. The lowest BCUT2D eigenvalue weighted by atomic mass is 10.2. The SMILES string of the molecule is CC(Nc1cccc(Cl)c1Br)C(=O)Nc1ccccc1. The van der Waals surface area contributed by atoms with Crippen LogP contribution in [0.1, 0.15) is 6.92 Å². The van der Waals surface area contributed by atoms with Crippen LogP contribution < -0.4 is 10.6 Å². The number of para-hydroxylation sites is 1. The molecule has 0 saturated heterocycles. The van der Waals surface area contributed by atoms with Crippen LogP contribution in [0.2, 0.25) is 5.02 Å². The smallest absolute Gasteiger partial charge is 0.246 e. The zero-order valence-corrected chi connectivity index (χ0v) is 13.2. The summed E-state index contributed by atoms with van der Waals surface area (Å²) in [7, 11) is 0. The lowest BCUT2D eigenvalue weighted by Gasteiger charge is -2.16. The van der Waals surface area contributed by atoms with Gasteiger partial charge in [0.2, 0.25) is 5.91 Å². The number of nitrogens with one attached hydrogen (secondary N) is 2. The molecule has 2 N–H and O–H groups in total. The summed E-state index contributed by atoms with van der Waals surface area (Å²) in [5, 5.41) is 6.58. The molecule has 0 aliphatic carbocycles. The van der Waals surface area contributed by atoms with E-state index in [0.29, 0.717) is 5.02 Å². The summed E-state index contributed by atoms with van der Waals surface area (Å²) in [6.45, 7) is 1.80. The monoisotopic (exact) mass is 352 g/mol. The van der Waals surface area contributed by atoms with E-state index < -0.39 is 0 Å². The Morgan fingerprint density at radius 1 is 1.15 bits per heavy atom. The molecule has 0 aromatic heterocycles. The van der Waals surface area contributed by atoms with Gasteiger partial charge in [-0.2, -0.15) is 0 Å². The zero-order chi connectivity index (χ0) is 14.5. The van der Waals surface area contributed by atoms with Gasteiger partial charge in [-0.25, -0.2) is 0 Å². The molecule has 0 spiro atoms. The van der Waals surface area contributed by atoms with E-state index in [1.54, 1.807) is 13.0 Å². The summed E-state index contributed by atoms with van der Waals surface area (Å²) >= 11 is 9.42. The van der Waals surface area contributed by atoms with E-state index in [1.165, 1.54) is 0 Å². The number of rotatable bonds is 4. The van der Waals surface area contributed by atoms with Crippen molar-refractivity contribution < 1.29 is 4.79 Å². The molecule has 2 rings (SSSR count). The van der Waals surface area contributed by atoms with Crippen LogP contribution in [0, 0.1) is 0 Å². The average molecular weight is 354 g/mol. The first-order chi connectivity index (χ1) is 9.58. The van der Waals surface area contributed by atoms with E-state index in [0.717, 1.165) is 15.8 Å². The van der Waals surface area contributed by atoms with Crippen molar-refractivity contribution in [2.24, 2.45) is 0 Å². The molecule has 5 heteroatoms. The highest BCUT2D eigenvalue weighted by molar-refractivity contribution is 9.10. The van der Waals surface area contributed by atoms with Gasteiger partial charge in [-0.05, 0) is 47.1 Å². The third-order valence-corrected chi connectivity index (χ3v) is 4.16. The number of hydrogen-bond acceptors (Lipinski definition) is 2. The topological polar surface area (TPSA) is 41.1 Å². The maximum Gasteiger partial charge on any atom is 0.246 e. The van der Waals surface area contributed by atoms with E-state index >= 15 is 0 Å². The minimum Gasteiger partial charge on any atom is -0.373 e. The van der Waals surface area contributed by atoms with Gasteiger partial charge < -0.3 is 10.6 Å². The van der Waals surface area contributed by atoms with Crippen molar-refractivity contribution in [3.8, 4) is 0 Å². The highest BCUT2D eigenvalue weighted by Gasteiger charge is 2.14. The number of amides is 1. The van der Waals surface area contributed by atoms with Crippen molar-refractivity contribution in [3.63, 3.8) is 0 Å². The Bertz CT molecular complexity index is 604. The van der Waals surface area contributed by atoms with Crippen LogP contribution in [-0.2, 0) is 4.79 Å². The summed E-state index contributed by atoms with van der Waals surface area (Å²) in [6, 6.07) is 14.4. The van der Waals surface area contributed by atoms with Gasteiger partial charge in [-0.15, -0.1) is 0 Å². The Morgan fingerprint density at radius 2 is 1.85 bits per heavy atom. The van der Waals surface area contributed by atoms with Gasteiger partial charge in [-0.1, -0.05) is 35.9 Å². The first-order valence-electron chi connectivity index (χ1n) is 6.14. The average Bonchev–Trinajstić information content (AvgIpc) is 2.45. The predicted molar refractivity (Wildman–Crippen MR) is 87.3 cm³/mol. The fourth-order valence-corrected chi connectivity index (χ4v) is 2.24. The number of halogens is 2. The van der Waals surface area contributed by atoms with E-state index in [4.69, 9.17) is 11.6 Å². The second-order valence-corrected chi connectivity index (χ2v) is 5.52. The number of hydrogen-bond donors (Lipinski definition) is 2. The molecule has 3 nitrogen and oxygen atoms in total. The molecule has 0 heterocycles. The van der Waals surface area contributed by atoms with Gasteiger partial charge in [0.1, 0.15) is 6.04 Å². The van der Waals surface area contributed by atoms with E-state index in [1.807, 2.05) is 42.5 Å². The van der Waals surface area contributed by atoms with Crippen molar-refractivity contribution >= 4 is 44.8 Å².